The summed E-state index contributed by atoms with van der Waals surface area (Å²) in [6, 6.07) is 7.18. The first-order valence-electron chi connectivity index (χ1n) is 12.1. The Morgan fingerprint density at radius 1 is 0.947 bits per heavy atom. The van der Waals surface area contributed by atoms with Crippen LogP contribution < -0.4 is 10.9 Å². The molecule has 3 heterocycles. The molecule has 10 unspecified atom stereocenters. The number of benzene rings is 1. The van der Waals surface area contributed by atoms with Crippen LogP contribution in [0.4, 0.5) is 0 Å². The van der Waals surface area contributed by atoms with Crippen molar-refractivity contribution in [1.29, 1.82) is 0 Å². The largest absolute Gasteiger partial charge is 0.394 e. The second kappa shape index (κ2) is 12.4. The van der Waals surface area contributed by atoms with Gasteiger partial charge in [-0.25, -0.2) is 0 Å². The second-order valence-electron chi connectivity index (χ2n) is 9.22. The zero-order valence-corrected chi connectivity index (χ0v) is 21.0. The average Bonchev–Trinajstić information content (AvgIpc) is 3.23. The van der Waals surface area contributed by atoms with Crippen LogP contribution in [0, 0.1) is 0 Å². The number of hydrogen-bond donors (Lipinski definition) is 8. The molecule has 212 valence electrons. The molecule has 1 aromatic carbocycles. The molecule has 4 rings (SSSR count). The van der Waals surface area contributed by atoms with Gasteiger partial charge in [0.25, 0.3) is 5.56 Å². The van der Waals surface area contributed by atoms with E-state index in [1.54, 1.807) is 16.1 Å². The average molecular weight is 561 g/mol. The number of aryl methyl sites for hydroxylation is 1. The van der Waals surface area contributed by atoms with Gasteiger partial charge in [0.05, 0.1) is 23.3 Å². The normalized spacial score (nSPS) is 35.9. The highest BCUT2D eigenvalue weighted by Gasteiger charge is 2.50. The Balaban J connectivity index is 1.32. The summed E-state index contributed by atoms with van der Waals surface area (Å²) in [6.07, 6.45) is -15.3. The summed E-state index contributed by atoms with van der Waals surface area (Å²) in [6.45, 7) is -1.12. The summed E-state index contributed by atoms with van der Waals surface area (Å²) >= 11 is 1.29. The van der Waals surface area contributed by atoms with Crippen LogP contribution in [-0.2, 0) is 25.5 Å². The predicted molar refractivity (Wildman–Crippen MR) is 130 cm³/mol. The summed E-state index contributed by atoms with van der Waals surface area (Å²) < 4.78 is 18.7. The number of amides is 1. The van der Waals surface area contributed by atoms with E-state index in [1.807, 2.05) is 12.1 Å². The number of aliphatic hydroxyl groups is 7. The van der Waals surface area contributed by atoms with Crippen molar-refractivity contribution in [3.8, 4) is 0 Å². The molecule has 2 saturated heterocycles. The lowest BCUT2D eigenvalue weighted by atomic mass is 9.96. The highest BCUT2D eigenvalue weighted by Crippen LogP contribution is 2.28. The van der Waals surface area contributed by atoms with Crippen LogP contribution in [0.5, 0.6) is 0 Å². The summed E-state index contributed by atoms with van der Waals surface area (Å²) in [5.74, 6) is -0.527. The van der Waals surface area contributed by atoms with Crippen molar-refractivity contribution in [2.75, 3.05) is 13.2 Å². The molecule has 0 radical (unpaired) electrons. The first-order chi connectivity index (χ1) is 18.2. The third-order valence-electron chi connectivity index (χ3n) is 6.63. The number of carbonyl (C=O) groups is 1. The maximum absolute atomic E-state index is 12.5. The number of aromatic nitrogens is 1. The van der Waals surface area contributed by atoms with E-state index in [4.69, 9.17) is 14.2 Å². The zero-order chi connectivity index (χ0) is 27.6. The Kier molecular flexibility index (Phi) is 9.49. The van der Waals surface area contributed by atoms with Gasteiger partial charge in [0.2, 0.25) is 5.91 Å². The van der Waals surface area contributed by atoms with Gasteiger partial charge in [0.15, 0.2) is 12.5 Å². The highest BCUT2D eigenvalue weighted by molar-refractivity contribution is 7.13. The molecule has 2 aliphatic rings. The lowest BCUT2D eigenvalue weighted by molar-refractivity contribution is -0.343. The van der Waals surface area contributed by atoms with Crippen LogP contribution in [0.1, 0.15) is 12.8 Å². The molecule has 2 fully saturated rings. The monoisotopic (exact) mass is 560 g/mol. The van der Waals surface area contributed by atoms with E-state index in [9.17, 15) is 45.3 Å². The fourth-order valence-corrected chi connectivity index (χ4v) is 5.52. The van der Waals surface area contributed by atoms with Crippen molar-refractivity contribution < 1.29 is 54.8 Å². The predicted octanol–water partition coefficient (Wildman–Crippen LogP) is -3.42. The van der Waals surface area contributed by atoms with Gasteiger partial charge in [-0.3, -0.25) is 13.5 Å². The third kappa shape index (κ3) is 5.93. The molecular formula is C23H32N2O12S. The molecule has 0 aliphatic carbocycles. The van der Waals surface area contributed by atoms with E-state index >= 15 is 0 Å². The summed E-state index contributed by atoms with van der Waals surface area (Å²) in [7, 11) is 0. The molecule has 0 bridgehead atoms. The molecule has 2 aromatic rings. The number of hydrogen-bond acceptors (Lipinski definition) is 13. The molecule has 10 atom stereocenters. The van der Waals surface area contributed by atoms with E-state index < -0.39 is 80.5 Å². The molecule has 0 spiro atoms. The van der Waals surface area contributed by atoms with E-state index in [0.717, 1.165) is 4.70 Å². The van der Waals surface area contributed by atoms with Crippen molar-refractivity contribution in [3.05, 3.63) is 34.6 Å². The number of rotatable bonds is 9. The van der Waals surface area contributed by atoms with Crippen LogP contribution >= 0.6 is 11.5 Å². The van der Waals surface area contributed by atoms with Gasteiger partial charge < -0.3 is 55.3 Å². The van der Waals surface area contributed by atoms with Crippen molar-refractivity contribution >= 4 is 27.5 Å². The topological polar surface area (TPSA) is 220 Å². The van der Waals surface area contributed by atoms with Gasteiger partial charge in [-0.1, -0.05) is 23.7 Å². The molecule has 0 saturated carbocycles. The number of nitrogens with zero attached hydrogens (tertiary/aromatic N) is 1. The van der Waals surface area contributed by atoms with Gasteiger partial charge in [-0.2, -0.15) is 0 Å². The molecule has 38 heavy (non-hydrogen) atoms. The molecule has 15 heteroatoms. The maximum atomic E-state index is 12.5. The minimum Gasteiger partial charge on any atom is -0.394 e. The Hall–Kier alpha value is -2.02. The Bertz CT molecular complexity index is 1140. The van der Waals surface area contributed by atoms with Crippen LogP contribution in [-0.4, -0.2) is 120 Å². The van der Waals surface area contributed by atoms with Crippen LogP contribution in [0.2, 0.25) is 0 Å². The number of nitrogens with one attached hydrogen (secondary N) is 1. The molecule has 2 aliphatic heterocycles. The number of ether oxygens (including phenoxy) is 3. The standard InChI is InChI=1S/C23H32N2O12S/c26-8-11-15(29)16(30)19(33)23(36-11)37-20-12(9-27)35-21(18(32)17(20)31)24-14(28)6-3-7-25-22(34)10-4-1-2-5-13(10)38-25/h1-2,4-5,11-12,15-21,23,26-27,29-33H,3,6-9H2,(H,24,28). The van der Waals surface area contributed by atoms with Gasteiger partial charge >= 0.3 is 0 Å². The fourth-order valence-electron chi connectivity index (χ4n) is 4.49. The Morgan fingerprint density at radius 2 is 1.66 bits per heavy atom. The first kappa shape index (κ1) is 29.0. The van der Waals surface area contributed by atoms with E-state index in [1.165, 1.54) is 11.5 Å². The quantitative estimate of drug-likeness (QED) is 0.150. The number of carbonyl (C=O) groups excluding carboxylic acids is 1. The van der Waals surface area contributed by atoms with E-state index in [2.05, 4.69) is 5.32 Å². The molecule has 14 nitrogen and oxygen atoms in total. The Morgan fingerprint density at radius 3 is 2.34 bits per heavy atom. The minimum absolute atomic E-state index is 0.0159. The van der Waals surface area contributed by atoms with Crippen molar-refractivity contribution in [3.63, 3.8) is 0 Å². The lowest BCUT2D eigenvalue weighted by Gasteiger charge is -2.46. The number of aliphatic hydroxyl groups excluding tert-OH is 7. The fraction of sp³-hybridized carbons (Fsp3) is 0.652. The minimum atomic E-state index is -1.78. The third-order valence-corrected chi connectivity index (χ3v) is 7.75. The SMILES string of the molecule is O=C(CCCn1sc2ccccc2c1=O)NC1OC(CO)C(OC2OC(CO)C(O)C(O)C2O)C(O)C1O. The first-order valence-corrected chi connectivity index (χ1v) is 12.9. The highest BCUT2D eigenvalue weighted by atomic mass is 32.1. The molecule has 1 amide bonds. The van der Waals surface area contributed by atoms with Crippen LogP contribution in [0.3, 0.4) is 0 Å². The van der Waals surface area contributed by atoms with Crippen LogP contribution in [0.15, 0.2) is 29.1 Å². The van der Waals surface area contributed by atoms with E-state index in [0.29, 0.717) is 18.4 Å². The maximum Gasteiger partial charge on any atom is 0.268 e. The van der Waals surface area contributed by atoms with Crippen molar-refractivity contribution in [2.45, 2.75) is 80.7 Å². The summed E-state index contributed by atoms with van der Waals surface area (Å²) in [4.78, 5) is 24.9. The summed E-state index contributed by atoms with van der Waals surface area (Å²) in [5.41, 5.74) is -0.142. The Labute approximate surface area is 220 Å². The van der Waals surface area contributed by atoms with Crippen molar-refractivity contribution in [1.82, 2.24) is 9.27 Å². The van der Waals surface area contributed by atoms with Crippen LogP contribution in [0.25, 0.3) is 10.1 Å². The van der Waals surface area contributed by atoms with Gasteiger partial charge in [-0.05, 0) is 18.6 Å². The van der Waals surface area contributed by atoms with E-state index in [-0.39, 0.29) is 12.0 Å². The smallest absolute Gasteiger partial charge is 0.268 e. The summed E-state index contributed by atoms with van der Waals surface area (Å²) in [5, 5.41) is 73.4. The van der Waals surface area contributed by atoms with Crippen molar-refractivity contribution in [2.24, 2.45) is 0 Å². The van der Waals surface area contributed by atoms with Gasteiger partial charge in [0, 0.05) is 13.0 Å². The van der Waals surface area contributed by atoms with Gasteiger partial charge in [-0.15, -0.1) is 0 Å². The molecule has 1 aromatic heterocycles. The number of fused-ring (bicyclic) bond motifs is 1. The second-order valence-corrected chi connectivity index (χ2v) is 10.3. The lowest BCUT2D eigenvalue weighted by Crippen LogP contribution is -2.66. The molecular weight excluding hydrogens is 528 g/mol. The van der Waals surface area contributed by atoms with Gasteiger partial charge in [0.1, 0.15) is 48.8 Å². The zero-order valence-electron chi connectivity index (χ0n) is 20.1. The molecule has 8 N–H and O–H groups in total.